The van der Waals surface area contributed by atoms with Crippen LogP contribution < -0.4 is 11.1 Å². The SMILES string of the molecule is CC(C)(O)C(F)CNC(=O)c1cnc(-n2ccc3cc(C#N)cnc32)cc1N.CCC(O)CC(C)C. The number of anilines is 1. The van der Waals surface area contributed by atoms with Gasteiger partial charge in [0.1, 0.15) is 23.7 Å². The fourth-order valence-electron chi connectivity index (χ4n) is 3.29. The first-order chi connectivity index (χ1) is 16.9. The maximum absolute atomic E-state index is 13.8. The molecule has 0 fully saturated rings. The summed E-state index contributed by atoms with van der Waals surface area (Å²) in [5.74, 6) is 0.490. The number of hydrogen-bond donors (Lipinski definition) is 4. The number of alkyl halides is 1. The van der Waals surface area contributed by atoms with E-state index in [0.717, 1.165) is 18.2 Å². The first-order valence-electron chi connectivity index (χ1n) is 11.8. The fourth-order valence-corrected chi connectivity index (χ4v) is 3.29. The molecule has 9 nitrogen and oxygen atoms in total. The van der Waals surface area contributed by atoms with Gasteiger partial charge in [-0.1, -0.05) is 20.8 Å². The van der Waals surface area contributed by atoms with Gasteiger partial charge in [-0.2, -0.15) is 5.26 Å². The van der Waals surface area contributed by atoms with Crippen LogP contribution in [0.1, 0.15) is 63.4 Å². The maximum Gasteiger partial charge on any atom is 0.255 e. The van der Waals surface area contributed by atoms with Gasteiger partial charge in [-0.15, -0.1) is 0 Å². The molecule has 2 unspecified atom stereocenters. The first-order valence-corrected chi connectivity index (χ1v) is 11.8. The molecule has 3 aromatic heterocycles. The Kier molecular flexibility index (Phi) is 9.90. The Balaban J connectivity index is 0.000000493. The summed E-state index contributed by atoms with van der Waals surface area (Å²) in [6, 6.07) is 7.04. The molecule has 1 amide bonds. The van der Waals surface area contributed by atoms with Crippen molar-refractivity contribution >= 4 is 22.6 Å². The highest BCUT2D eigenvalue weighted by molar-refractivity contribution is 5.99. The number of carbonyl (C=O) groups is 1. The monoisotopic (exact) mass is 498 g/mol. The predicted molar refractivity (Wildman–Crippen MR) is 137 cm³/mol. The van der Waals surface area contributed by atoms with Crippen molar-refractivity contribution in [3.05, 3.63) is 47.9 Å². The summed E-state index contributed by atoms with van der Waals surface area (Å²) in [6.07, 6.45) is 4.62. The van der Waals surface area contributed by atoms with Crippen molar-refractivity contribution in [2.45, 2.75) is 65.3 Å². The predicted octanol–water partition coefficient (Wildman–Crippen LogP) is 3.52. The molecule has 36 heavy (non-hydrogen) atoms. The van der Waals surface area contributed by atoms with E-state index in [1.165, 1.54) is 32.3 Å². The molecule has 5 N–H and O–H groups in total. The van der Waals surface area contributed by atoms with Crippen LogP contribution in [0.2, 0.25) is 0 Å². The van der Waals surface area contributed by atoms with E-state index in [9.17, 15) is 14.3 Å². The van der Waals surface area contributed by atoms with Gasteiger partial charge in [0.2, 0.25) is 0 Å². The summed E-state index contributed by atoms with van der Waals surface area (Å²) in [5.41, 5.74) is 5.73. The Morgan fingerprint density at radius 2 is 2.00 bits per heavy atom. The minimum Gasteiger partial charge on any atom is -0.398 e. The number of carbonyl (C=O) groups excluding carboxylic acids is 1. The molecule has 0 radical (unpaired) electrons. The quantitative estimate of drug-likeness (QED) is 0.371. The molecular formula is C26H35FN6O3. The number of nitrogens with one attached hydrogen (secondary N) is 1. The highest BCUT2D eigenvalue weighted by Gasteiger charge is 2.27. The zero-order valence-corrected chi connectivity index (χ0v) is 21.4. The summed E-state index contributed by atoms with van der Waals surface area (Å²) >= 11 is 0. The van der Waals surface area contributed by atoms with Crippen LogP contribution in [0.3, 0.4) is 0 Å². The van der Waals surface area contributed by atoms with Crippen molar-refractivity contribution in [3.8, 4) is 11.9 Å². The Morgan fingerprint density at radius 1 is 1.31 bits per heavy atom. The lowest BCUT2D eigenvalue weighted by molar-refractivity contribution is -0.00177. The Bertz CT molecular complexity index is 1210. The van der Waals surface area contributed by atoms with Crippen LogP contribution in [0.4, 0.5) is 10.1 Å². The minimum atomic E-state index is -1.62. The zero-order valence-electron chi connectivity index (χ0n) is 21.4. The van der Waals surface area contributed by atoms with Crippen molar-refractivity contribution in [2.75, 3.05) is 12.3 Å². The van der Waals surface area contributed by atoms with Gasteiger partial charge in [0.05, 0.1) is 29.4 Å². The van der Waals surface area contributed by atoms with E-state index in [0.29, 0.717) is 22.9 Å². The van der Waals surface area contributed by atoms with E-state index in [-0.39, 0.29) is 23.9 Å². The van der Waals surface area contributed by atoms with E-state index in [1.807, 2.05) is 13.0 Å². The van der Waals surface area contributed by atoms with Crippen LogP contribution in [0, 0.1) is 17.2 Å². The summed E-state index contributed by atoms with van der Waals surface area (Å²) < 4.78 is 15.5. The molecule has 3 rings (SSSR count). The average molecular weight is 499 g/mol. The van der Waals surface area contributed by atoms with Crippen LogP contribution >= 0.6 is 0 Å². The lowest BCUT2D eigenvalue weighted by Gasteiger charge is -2.22. The maximum atomic E-state index is 13.8. The molecule has 0 bridgehead atoms. The fraction of sp³-hybridized carbons (Fsp3) is 0.462. The van der Waals surface area contributed by atoms with Gasteiger partial charge in [0, 0.05) is 35.7 Å². The Morgan fingerprint density at radius 3 is 2.53 bits per heavy atom. The lowest BCUT2D eigenvalue weighted by Crippen LogP contribution is -2.42. The number of rotatable bonds is 8. The second-order valence-corrected chi connectivity index (χ2v) is 9.59. The third kappa shape index (κ3) is 7.73. The van der Waals surface area contributed by atoms with Crippen molar-refractivity contribution in [2.24, 2.45) is 5.92 Å². The third-order valence-corrected chi connectivity index (χ3v) is 5.49. The number of halogens is 1. The standard InChI is InChI=1S/C19H19FN6O2.C7H16O/c1-19(2,28)15(20)10-25-18(27)13-9-23-16(6-14(13)22)26-4-3-12-5-11(7-21)8-24-17(12)26;1-4-7(8)5-6(2)3/h3-6,8-9,15,28H,10H2,1-2H3,(H2,22,23)(H,25,27);6-8H,4-5H2,1-3H3. The number of nitrogen functional groups attached to an aromatic ring is 1. The summed E-state index contributed by atoms with van der Waals surface area (Å²) in [4.78, 5) is 20.8. The molecule has 0 aromatic carbocycles. The molecule has 194 valence electrons. The number of nitrogens with zero attached hydrogens (tertiary/aromatic N) is 4. The number of amides is 1. The van der Waals surface area contributed by atoms with Crippen LogP contribution in [-0.4, -0.2) is 55.1 Å². The second-order valence-electron chi connectivity index (χ2n) is 9.59. The molecular weight excluding hydrogens is 463 g/mol. The Labute approximate surface area is 210 Å². The largest absolute Gasteiger partial charge is 0.398 e. The van der Waals surface area contributed by atoms with Crippen molar-refractivity contribution in [1.82, 2.24) is 19.9 Å². The van der Waals surface area contributed by atoms with E-state index in [4.69, 9.17) is 16.1 Å². The summed E-state index contributed by atoms with van der Waals surface area (Å²) in [6.45, 7) is 8.55. The van der Waals surface area contributed by atoms with E-state index >= 15 is 0 Å². The van der Waals surface area contributed by atoms with Crippen molar-refractivity contribution in [3.63, 3.8) is 0 Å². The minimum absolute atomic E-state index is 0.0741. The zero-order chi connectivity index (χ0) is 27.0. The smallest absolute Gasteiger partial charge is 0.255 e. The summed E-state index contributed by atoms with van der Waals surface area (Å²) in [7, 11) is 0. The molecule has 0 spiro atoms. The topological polar surface area (TPSA) is 150 Å². The number of pyridine rings is 2. The molecule has 0 aliphatic rings. The van der Waals surface area contributed by atoms with Crippen LogP contribution in [0.25, 0.3) is 16.9 Å². The van der Waals surface area contributed by atoms with Crippen LogP contribution in [0.5, 0.6) is 0 Å². The van der Waals surface area contributed by atoms with Crippen molar-refractivity contribution in [1.29, 1.82) is 5.26 Å². The first kappa shape index (κ1) is 28.7. The molecule has 2 atom stereocenters. The number of fused-ring (bicyclic) bond motifs is 1. The van der Waals surface area contributed by atoms with Gasteiger partial charge in [-0.25, -0.2) is 14.4 Å². The molecule has 0 saturated carbocycles. The number of hydrogen-bond acceptors (Lipinski definition) is 7. The number of aliphatic hydroxyl groups excluding tert-OH is 1. The highest BCUT2D eigenvalue weighted by atomic mass is 19.1. The van der Waals surface area contributed by atoms with Gasteiger partial charge in [0.15, 0.2) is 0 Å². The van der Waals surface area contributed by atoms with Gasteiger partial charge in [-0.3, -0.25) is 9.36 Å². The number of nitrogens with two attached hydrogens (primary N) is 1. The van der Waals surface area contributed by atoms with E-state index in [1.54, 1.807) is 22.9 Å². The molecule has 0 aliphatic heterocycles. The van der Waals surface area contributed by atoms with Crippen LogP contribution in [-0.2, 0) is 0 Å². The van der Waals surface area contributed by atoms with Gasteiger partial charge in [0.25, 0.3) is 5.91 Å². The number of nitriles is 1. The van der Waals surface area contributed by atoms with E-state index in [2.05, 4.69) is 29.1 Å². The Hall–Kier alpha value is -3.55. The molecule has 10 heteroatoms. The molecule has 3 heterocycles. The number of aliphatic hydroxyl groups is 2. The average Bonchev–Trinajstić information content (AvgIpc) is 3.24. The summed E-state index contributed by atoms with van der Waals surface area (Å²) in [5, 5.41) is 30.8. The molecule has 0 aliphatic carbocycles. The van der Waals surface area contributed by atoms with Crippen molar-refractivity contribution < 1.29 is 19.4 Å². The second kappa shape index (κ2) is 12.4. The van der Waals surface area contributed by atoms with Gasteiger partial charge < -0.3 is 21.3 Å². The number of aromatic nitrogens is 3. The lowest BCUT2D eigenvalue weighted by atomic mass is 10.0. The van der Waals surface area contributed by atoms with Gasteiger partial charge >= 0.3 is 0 Å². The van der Waals surface area contributed by atoms with Crippen LogP contribution in [0.15, 0.2) is 36.8 Å². The van der Waals surface area contributed by atoms with E-state index < -0.39 is 17.7 Å². The van der Waals surface area contributed by atoms with Gasteiger partial charge in [-0.05, 0) is 44.7 Å². The molecule has 3 aromatic rings. The normalized spacial score (nSPS) is 13.0. The third-order valence-electron chi connectivity index (χ3n) is 5.49. The highest BCUT2D eigenvalue weighted by Crippen LogP contribution is 2.21. The molecule has 0 saturated heterocycles.